The van der Waals surface area contributed by atoms with Crippen molar-refractivity contribution in [1.29, 1.82) is 0 Å². The number of likely N-dealkylation sites (tertiary alicyclic amines) is 1. The topological polar surface area (TPSA) is 65.5 Å². The number of hydrogen-bond acceptors (Lipinski definition) is 5. The molecule has 2 atom stereocenters. The summed E-state index contributed by atoms with van der Waals surface area (Å²) in [5, 5.41) is 1.69. The molecule has 2 aliphatic heterocycles. The van der Waals surface area contributed by atoms with Crippen molar-refractivity contribution in [3.63, 3.8) is 0 Å². The number of hydrogen-bond donors (Lipinski definition) is 1. The quantitative estimate of drug-likeness (QED) is 0.587. The van der Waals surface area contributed by atoms with Gasteiger partial charge in [-0.05, 0) is 61.0 Å². The molecule has 0 radical (unpaired) electrons. The minimum Gasteiger partial charge on any atom is -0.371 e. The minimum atomic E-state index is -1.30. The van der Waals surface area contributed by atoms with Crippen LogP contribution in [0.2, 0.25) is 5.02 Å². The summed E-state index contributed by atoms with van der Waals surface area (Å²) in [7, 11) is -1.30. The molecule has 4 heterocycles. The fourth-order valence-corrected chi connectivity index (χ4v) is 7.06. The van der Waals surface area contributed by atoms with Crippen LogP contribution in [0.15, 0.2) is 53.0 Å². The van der Waals surface area contributed by atoms with Gasteiger partial charge in [0, 0.05) is 65.9 Å². The lowest BCUT2D eigenvalue weighted by molar-refractivity contribution is -0.135. The molecule has 2 aliphatic rings. The molecular formula is C23H25ClN4O2S2. The van der Waals surface area contributed by atoms with Gasteiger partial charge in [-0.1, -0.05) is 11.6 Å². The smallest absolute Gasteiger partial charge is 0.225 e. The van der Waals surface area contributed by atoms with Crippen LogP contribution >= 0.6 is 22.9 Å². The zero-order valence-corrected chi connectivity index (χ0v) is 20.0. The number of carbonyl (C=O) groups is 1. The highest BCUT2D eigenvalue weighted by Crippen LogP contribution is 2.30. The predicted molar refractivity (Wildman–Crippen MR) is 131 cm³/mol. The highest BCUT2D eigenvalue weighted by molar-refractivity contribution is 7.85. The third kappa shape index (κ3) is 4.69. The molecule has 1 N–H and O–H groups in total. The second-order valence-corrected chi connectivity index (χ2v) is 11.4. The van der Waals surface area contributed by atoms with E-state index in [-0.39, 0.29) is 17.9 Å². The zero-order valence-electron chi connectivity index (χ0n) is 17.6. The Morgan fingerprint density at radius 2 is 1.88 bits per heavy atom. The van der Waals surface area contributed by atoms with Crippen LogP contribution in [0, 0.1) is 5.92 Å². The summed E-state index contributed by atoms with van der Waals surface area (Å²) >= 11 is 7.58. The van der Waals surface area contributed by atoms with Gasteiger partial charge in [-0.3, -0.25) is 9.78 Å². The molecule has 2 fully saturated rings. The zero-order chi connectivity index (χ0) is 22.1. The van der Waals surface area contributed by atoms with Crippen molar-refractivity contribution in [3.05, 3.63) is 53.8 Å². The Bertz CT molecular complexity index is 1130. The van der Waals surface area contributed by atoms with Crippen molar-refractivity contribution < 1.29 is 9.00 Å². The molecule has 168 valence electrons. The Labute approximate surface area is 199 Å². The lowest BCUT2D eigenvalue weighted by Gasteiger charge is -2.34. The Morgan fingerprint density at radius 1 is 1.09 bits per heavy atom. The summed E-state index contributed by atoms with van der Waals surface area (Å²) in [5.74, 6) is 0.315. The van der Waals surface area contributed by atoms with E-state index >= 15 is 0 Å². The first-order valence-electron chi connectivity index (χ1n) is 10.9. The number of anilines is 1. The first kappa shape index (κ1) is 21.8. The van der Waals surface area contributed by atoms with Gasteiger partial charge in [-0.15, -0.1) is 11.3 Å². The van der Waals surface area contributed by atoms with Crippen molar-refractivity contribution in [2.24, 2.45) is 5.92 Å². The lowest BCUT2D eigenvalue weighted by atomic mass is 9.95. The Hall–Kier alpha value is -2.00. The third-order valence-corrected chi connectivity index (χ3v) is 9.16. The maximum atomic E-state index is 13.1. The summed E-state index contributed by atoms with van der Waals surface area (Å²) in [4.78, 5) is 21.4. The first-order chi connectivity index (χ1) is 15.6. The van der Waals surface area contributed by atoms with Crippen LogP contribution in [0.4, 0.5) is 5.69 Å². The number of nitrogens with zero attached hydrogens (tertiary/aromatic N) is 3. The molecule has 6 nitrogen and oxygen atoms in total. The average Bonchev–Trinajstić information content (AvgIpc) is 3.46. The van der Waals surface area contributed by atoms with E-state index in [0.717, 1.165) is 53.2 Å². The van der Waals surface area contributed by atoms with Crippen molar-refractivity contribution in [1.82, 2.24) is 14.6 Å². The number of amides is 1. The summed E-state index contributed by atoms with van der Waals surface area (Å²) in [6.45, 7) is 3.11. The number of nitrogens with one attached hydrogen (secondary N) is 1. The van der Waals surface area contributed by atoms with Gasteiger partial charge in [0.05, 0.1) is 0 Å². The van der Waals surface area contributed by atoms with E-state index in [1.807, 2.05) is 53.7 Å². The molecule has 0 spiro atoms. The van der Waals surface area contributed by atoms with Crippen molar-refractivity contribution in [2.75, 3.05) is 31.1 Å². The van der Waals surface area contributed by atoms with E-state index in [0.29, 0.717) is 11.6 Å². The van der Waals surface area contributed by atoms with E-state index in [1.165, 1.54) is 17.0 Å². The molecule has 9 heteroatoms. The maximum Gasteiger partial charge on any atom is 0.225 e. The minimum absolute atomic E-state index is 0.0468. The number of carbonyl (C=O) groups excluding carboxylic acids is 1. The van der Waals surface area contributed by atoms with E-state index in [9.17, 15) is 9.00 Å². The maximum absolute atomic E-state index is 13.1. The van der Waals surface area contributed by atoms with Crippen molar-refractivity contribution >= 4 is 55.6 Å². The summed E-state index contributed by atoms with van der Waals surface area (Å²) in [6, 6.07) is 11.7. The van der Waals surface area contributed by atoms with Crippen LogP contribution in [0.25, 0.3) is 10.1 Å². The van der Waals surface area contributed by atoms with Crippen LogP contribution in [0.5, 0.6) is 0 Å². The van der Waals surface area contributed by atoms with Crippen LogP contribution in [-0.2, 0) is 15.8 Å². The molecule has 1 amide bonds. The number of halogens is 1. The van der Waals surface area contributed by atoms with Crippen LogP contribution in [-0.4, -0.2) is 52.2 Å². The second kappa shape index (κ2) is 9.47. The van der Waals surface area contributed by atoms with E-state index in [2.05, 4.69) is 14.6 Å². The van der Waals surface area contributed by atoms with E-state index in [4.69, 9.17) is 11.6 Å². The van der Waals surface area contributed by atoms with Crippen LogP contribution in [0.3, 0.4) is 0 Å². The Kier molecular flexibility index (Phi) is 6.46. The molecule has 0 aliphatic carbocycles. The van der Waals surface area contributed by atoms with Gasteiger partial charge in [0.2, 0.25) is 5.91 Å². The predicted octanol–water partition coefficient (Wildman–Crippen LogP) is 4.08. The highest BCUT2D eigenvalue weighted by Gasteiger charge is 2.33. The van der Waals surface area contributed by atoms with Gasteiger partial charge >= 0.3 is 0 Å². The Morgan fingerprint density at radius 3 is 2.66 bits per heavy atom. The number of fused-ring (bicyclic) bond motifs is 1. The van der Waals surface area contributed by atoms with Gasteiger partial charge in [-0.25, -0.2) is 8.93 Å². The third-order valence-electron chi connectivity index (χ3n) is 6.28. The molecule has 32 heavy (non-hydrogen) atoms. The average molecular weight is 489 g/mol. The van der Waals surface area contributed by atoms with Gasteiger partial charge in [0.1, 0.15) is 15.2 Å². The molecule has 3 aromatic rings. The van der Waals surface area contributed by atoms with E-state index < -0.39 is 11.0 Å². The molecule has 5 rings (SSSR count). The summed E-state index contributed by atoms with van der Waals surface area (Å²) in [6.07, 6.45) is 6.17. The molecule has 2 unspecified atom stereocenters. The standard InChI is InChI=1S/C23H25ClN4O2S2/c24-18-1-2-21-17(13-18)14-22(31-21)32(30)26-19-7-12-28(15-19)23(29)16-5-10-27(11-6-16)20-3-8-25-9-4-20/h1-4,8-9,13-14,16,19,26H,5-7,10-12,15H2. The van der Waals surface area contributed by atoms with Crippen molar-refractivity contribution in [2.45, 2.75) is 29.5 Å². The second-order valence-electron chi connectivity index (χ2n) is 8.37. The Balaban J connectivity index is 1.14. The number of piperidine rings is 1. The molecule has 2 aromatic heterocycles. The summed E-state index contributed by atoms with van der Waals surface area (Å²) in [5.41, 5.74) is 1.17. The fraction of sp³-hybridized carbons (Fsp3) is 0.391. The number of pyridine rings is 1. The fourth-order valence-electron chi connectivity index (χ4n) is 4.55. The number of rotatable bonds is 5. The van der Waals surface area contributed by atoms with Crippen LogP contribution < -0.4 is 9.62 Å². The highest BCUT2D eigenvalue weighted by atomic mass is 35.5. The van der Waals surface area contributed by atoms with E-state index in [1.54, 1.807) is 0 Å². The molecule has 0 bridgehead atoms. The monoisotopic (exact) mass is 488 g/mol. The van der Waals surface area contributed by atoms with Crippen LogP contribution in [0.1, 0.15) is 19.3 Å². The SMILES string of the molecule is O=C(C1CCN(c2ccncc2)CC1)N1CCC(NS(=O)c2cc3cc(Cl)ccc3s2)C1. The number of aromatic nitrogens is 1. The molecular weight excluding hydrogens is 464 g/mol. The first-order valence-corrected chi connectivity index (χ1v) is 13.2. The van der Waals surface area contributed by atoms with Gasteiger partial charge in [0.25, 0.3) is 0 Å². The number of thiophene rings is 1. The lowest BCUT2D eigenvalue weighted by Crippen LogP contribution is -2.43. The largest absolute Gasteiger partial charge is 0.371 e. The molecule has 1 aromatic carbocycles. The normalized spacial score (nSPS) is 20.7. The van der Waals surface area contributed by atoms with Crippen molar-refractivity contribution in [3.8, 4) is 0 Å². The van der Waals surface area contributed by atoms with Gasteiger partial charge in [0.15, 0.2) is 0 Å². The van der Waals surface area contributed by atoms with Gasteiger partial charge in [-0.2, -0.15) is 0 Å². The number of benzene rings is 1. The summed E-state index contributed by atoms with van der Waals surface area (Å²) < 4.78 is 18.0. The molecule has 2 saturated heterocycles. The molecule has 0 saturated carbocycles. The van der Waals surface area contributed by atoms with Gasteiger partial charge < -0.3 is 9.80 Å².